The standard InChI is InChI=1S/C16H34N4/c1-4-9-20-11-7-16(14-17,8-12-20)19(3)15-6-5-10-18(2)13-15/h15H,4-14,17H2,1-3H3. The molecule has 0 spiro atoms. The molecule has 2 aliphatic heterocycles. The van der Waals surface area contributed by atoms with E-state index in [2.05, 4.69) is 35.7 Å². The number of piperidine rings is 2. The van der Waals surface area contributed by atoms with E-state index in [9.17, 15) is 0 Å². The number of likely N-dealkylation sites (N-methyl/N-ethyl adjacent to an activating group) is 2. The third-order valence-corrected chi connectivity index (χ3v) is 5.60. The maximum atomic E-state index is 6.23. The Balaban J connectivity index is 1.96. The minimum Gasteiger partial charge on any atom is -0.329 e. The molecule has 2 heterocycles. The number of hydrogen-bond acceptors (Lipinski definition) is 4. The van der Waals surface area contributed by atoms with Crippen molar-refractivity contribution >= 4 is 0 Å². The highest BCUT2D eigenvalue weighted by Crippen LogP contribution is 2.31. The average molecular weight is 282 g/mol. The molecule has 0 saturated carbocycles. The average Bonchev–Trinajstić information content (AvgIpc) is 2.48. The van der Waals surface area contributed by atoms with E-state index in [1.165, 1.54) is 64.8 Å². The Kier molecular flexibility index (Phi) is 5.84. The lowest BCUT2D eigenvalue weighted by molar-refractivity contribution is -0.00432. The Morgan fingerprint density at radius 2 is 1.95 bits per heavy atom. The van der Waals surface area contributed by atoms with Gasteiger partial charge in [0.05, 0.1) is 0 Å². The SMILES string of the molecule is CCCN1CCC(CN)(N(C)C2CCCN(C)C2)CC1. The predicted octanol–water partition coefficient (Wildman–Crippen LogP) is 1.22. The first kappa shape index (κ1) is 16.2. The van der Waals surface area contributed by atoms with Crippen LogP contribution in [-0.2, 0) is 0 Å². The van der Waals surface area contributed by atoms with Crippen LogP contribution in [0.5, 0.6) is 0 Å². The molecule has 0 aromatic carbocycles. The Morgan fingerprint density at radius 1 is 1.25 bits per heavy atom. The number of likely N-dealkylation sites (tertiary alicyclic amines) is 2. The Labute approximate surface area is 125 Å². The summed E-state index contributed by atoms with van der Waals surface area (Å²) in [5.74, 6) is 0. The van der Waals surface area contributed by atoms with Crippen molar-refractivity contribution in [1.29, 1.82) is 0 Å². The van der Waals surface area contributed by atoms with Crippen molar-refractivity contribution in [3.63, 3.8) is 0 Å². The lowest BCUT2D eigenvalue weighted by atomic mass is 9.84. The molecule has 2 saturated heterocycles. The van der Waals surface area contributed by atoms with Crippen molar-refractivity contribution in [2.24, 2.45) is 5.73 Å². The highest BCUT2D eigenvalue weighted by atomic mass is 15.3. The van der Waals surface area contributed by atoms with Gasteiger partial charge in [0.25, 0.3) is 0 Å². The molecule has 0 aromatic rings. The molecule has 118 valence electrons. The molecule has 2 rings (SSSR count). The molecular weight excluding hydrogens is 248 g/mol. The fraction of sp³-hybridized carbons (Fsp3) is 1.00. The van der Waals surface area contributed by atoms with Gasteiger partial charge in [0.2, 0.25) is 0 Å². The lowest BCUT2D eigenvalue weighted by Crippen LogP contribution is -2.62. The quantitative estimate of drug-likeness (QED) is 0.822. The monoisotopic (exact) mass is 282 g/mol. The van der Waals surface area contributed by atoms with Gasteiger partial charge in [-0.2, -0.15) is 0 Å². The van der Waals surface area contributed by atoms with Crippen molar-refractivity contribution in [2.45, 2.75) is 50.6 Å². The number of rotatable bonds is 5. The molecule has 0 aromatic heterocycles. The molecule has 4 heteroatoms. The van der Waals surface area contributed by atoms with E-state index in [1.54, 1.807) is 0 Å². The lowest BCUT2D eigenvalue weighted by Gasteiger charge is -2.51. The van der Waals surface area contributed by atoms with Crippen molar-refractivity contribution in [1.82, 2.24) is 14.7 Å². The third-order valence-electron chi connectivity index (χ3n) is 5.60. The van der Waals surface area contributed by atoms with Crippen molar-refractivity contribution in [3.8, 4) is 0 Å². The molecule has 1 atom stereocenters. The second-order valence-electron chi connectivity index (χ2n) is 6.94. The van der Waals surface area contributed by atoms with Gasteiger partial charge in [-0.15, -0.1) is 0 Å². The maximum absolute atomic E-state index is 6.23. The highest BCUT2D eigenvalue weighted by molar-refractivity contribution is 4.98. The molecule has 0 bridgehead atoms. The zero-order valence-corrected chi connectivity index (χ0v) is 13.8. The predicted molar refractivity (Wildman–Crippen MR) is 86.0 cm³/mol. The van der Waals surface area contributed by atoms with Crippen LogP contribution in [0, 0.1) is 0 Å². The van der Waals surface area contributed by atoms with E-state index in [0.717, 1.165) is 6.54 Å². The van der Waals surface area contributed by atoms with Crippen molar-refractivity contribution < 1.29 is 0 Å². The van der Waals surface area contributed by atoms with E-state index >= 15 is 0 Å². The third kappa shape index (κ3) is 3.53. The molecule has 2 fully saturated rings. The van der Waals surface area contributed by atoms with Gasteiger partial charge < -0.3 is 15.5 Å². The Hall–Kier alpha value is -0.160. The Bertz CT molecular complexity index is 286. The van der Waals surface area contributed by atoms with E-state index in [0.29, 0.717) is 6.04 Å². The van der Waals surface area contributed by atoms with E-state index in [-0.39, 0.29) is 5.54 Å². The maximum Gasteiger partial charge on any atom is 0.0356 e. The van der Waals surface area contributed by atoms with Crippen LogP contribution in [0.3, 0.4) is 0 Å². The van der Waals surface area contributed by atoms with Crippen LogP contribution in [0.2, 0.25) is 0 Å². The summed E-state index contributed by atoms with van der Waals surface area (Å²) in [5.41, 5.74) is 6.47. The normalized spacial score (nSPS) is 28.9. The van der Waals surface area contributed by atoms with Crippen molar-refractivity contribution in [2.75, 3.05) is 53.4 Å². The van der Waals surface area contributed by atoms with Gasteiger partial charge in [-0.05, 0) is 72.4 Å². The summed E-state index contributed by atoms with van der Waals surface area (Å²) in [6.07, 6.45) is 6.40. The number of nitrogens with zero attached hydrogens (tertiary/aromatic N) is 3. The van der Waals surface area contributed by atoms with Crippen LogP contribution < -0.4 is 5.73 Å². The van der Waals surface area contributed by atoms with Crippen LogP contribution >= 0.6 is 0 Å². The number of hydrogen-bond donors (Lipinski definition) is 1. The molecule has 20 heavy (non-hydrogen) atoms. The molecular formula is C16H34N4. The molecule has 1 unspecified atom stereocenters. The summed E-state index contributed by atoms with van der Waals surface area (Å²) < 4.78 is 0. The number of nitrogens with two attached hydrogens (primary N) is 1. The van der Waals surface area contributed by atoms with Crippen LogP contribution in [-0.4, -0.2) is 79.6 Å². The van der Waals surface area contributed by atoms with E-state index in [1.807, 2.05) is 0 Å². The topological polar surface area (TPSA) is 35.7 Å². The summed E-state index contributed by atoms with van der Waals surface area (Å²) in [7, 11) is 4.57. The Morgan fingerprint density at radius 3 is 2.50 bits per heavy atom. The van der Waals surface area contributed by atoms with Crippen LogP contribution in [0.4, 0.5) is 0 Å². The molecule has 0 radical (unpaired) electrons. The molecule has 2 N–H and O–H groups in total. The van der Waals surface area contributed by atoms with Gasteiger partial charge >= 0.3 is 0 Å². The van der Waals surface area contributed by atoms with Gasteiger partial charge in [0.1, 0.15) is 0 Å². The van der Waals surface area contributed by atoms with Gasteiger partial charge in [0.15, 0.2) is 0 Å². The van der Waals surface area contributed by atoms with Crippen molar-refractivity contribution in [3.05, 3.63) is 0 Å². The van der Waals surface area contributed by atoms with Gasteiger partial charge in [0, 0.05) is 24.7 Å². The fourth-order valence-corrected chi connectivity index (χ4v) is 4.05. The van der Waals surface area contributed by atoms with Gasteiger partial charge in [-0.3, -0.25) is 4.90 Å². The molecule has 0 amide bonds. The van der Waals surface area contributed by atoms with Crippen LogP contribution in [0.15, 0.2) is 0 Å². The molecule has 2 aliphatic rings. The fourth-order valence-electron chi connectivity index (χ4n) is 4.05. The summed E-state index contributed by atoms with van der Waals surface area (Å²) in [4.78, 5) is 7.72. The summed E-state index contributed by atoms with van der Waals surface area (Å²) in [6.45, 7) is 9.23. The first-order valence-electron chi connectivity index (χ1n) is 8.45. The van der Waals surface area contributed by atoms with Crippen LogP contribution in [0.1, 0.15) is 39.0 Å². The first-order valence-corrected chi connectivity index (χ1v) is 8.45. The smallest absolute Gasteiger partial charge is 0.0356 e. The van der Waals surface area contributed by atoms with Gasteiger partial charge in [-0.1, -0.05) is 6.92 Å². The second kappa shape index (κ2) is 7.21. The zero-order chi connectivity index (χ0) is 14.6. The van der Waals surface area contributed by atoms with Crippen LogP contribution in [0.25, 0.3) is 0 Å². The largest absolute Gasteiger partial charge is 0.329 e. The summed E-state index contributed by atoms with van der Waals surface area (Å²) >= 11 is 0. The molecule has 0 aliphatic carbocycles. The minimum atomic E-state index is 0.243. The van der Waals surface area contributed by atoms with E-state index in [4.69, 9.17) is 5.73 Å². The zero-order valence-electron chi connectivity index (χ0n) is 13.8. The van der Waals surface area contributed by atoms with Gasteiger partial charge in [-0.25, -0.2) is 0 Å². The van der Waals surface area contributed by atoms with E-state index < -0.39 is 0 Å². The first-order chi connectivity index (χ1) is 9.61. The summed E-state index contributed by atoms with van der Waals surface area (Å²) in [5, 5.41) is 0. The highest BCUT2D eigenvalue weighted by Gasteiger charge is 2.40. The minimum absolute atomic E-state index is 0.243. The molecule has 4 nitrogen and oxygen atoms in total. The second-order valence-corrected chi connectivity index (χ2v) is 6.94. The summed E-state index contributed by atoms with van der Waals surface area (Å²) in [6, 6.07) is 0.690.